The molecular weight excluding hydrogens is 382 g/mol. The Kier molecular flexibility index (Phi) is 5.36. The van der Waals surface area contributed by atoms with Gasteiger partial charge in [-0.3, -0.25) is 5.32 Å². The number of hydrogen-bond donors (Lipinski definition) is 2. The number of rotatable bonds is 4. The number of anilines is 2. The summed E-state index contributed by atoms with van der Waals surface area (Å²) in [6.07, 6.45) is -2.98. The molecule has 3 aromatic rings. The Bertz CT molecular complexity index is 937. The van der Waals surface area contributed by atoms with Gasteiger partial charge in [-0.25, -0.2) is 14.1 Å². The van der Waals surface area contributed by atoms with Crippen molar-refractivity contribution in [3.8, 4) is 0 Å². The topological polar surface area (TPSA) is 54.8 Å². The van der Waals surface area contributed by atoms with E-state index in [0.29, 0.717) is 6.54 Å². The van der Waals surface area contributed by atoms with Gasteiger partial charge in [0.25, 0.3) is 0 Å². The number of nitrogens with zero attached hydrogens (tertiary/aromatic N) is 3. The molecule has 3 rings (SSSR count). The van der Waals surface area contributed by atoms with Crippen LogP contribution in [0.4, 0.5) is 29.2 Å². The summed E-state index contributed by atoms with van der Waals surface area (Å²) >= 11 is 5.07. The number of thiocarbonyl (C=S) groups is 1. The standard InChI is InChI=1S/C17H13F4N5S/c18-13-6-4-11(5-7-13)9-26-10-22-15(25-26)24-16(27)23-14-3-1-2-12(8-14)17(19,20)21/h1-8,10H,9H2,(H2,23,24,25,27). The Balaban J connectivity index is 1.60. The lowest BCUT2D eigenvalue weighted by molar-refractivity contribution is -0.137. The van der Waals surface area contributed by atoms with Gasteiger partial charge in [0.05, 0.1) is 12.1 Å². The quantitative estimate of drug-likeness (QED) is 0.510. The zero-order valence-electron chi connectivity index (χ0n) is 13.7. The monoisotopic (exact) mass is 395 g/mol. The van der Waals surface area contributed by atoms with E-state index in [9.17, 15) is 17.6 Å². The third kappa shape index (κ3) is 5.23. The van der Waals surface area contributed by atoms with E-state index in [-0.39, 0.29) is 22.6 Å². The minimum absolute atomic E-state index is 0.0499. The highest BCUT2D eigenvalue weighted by Crippen LogP contribution is 2.30. The maximum Gasteiger partial charge on any atom is 0.416 e. The van der Waals surface area contributed by atoms with Crippen LogP contribution in [-0.4, -0.2) is 19.9 Å². The average molecular weight is 395 g/mol. The van der Waals surface area contributed by atoms with Crippen molar-refractivity contribution in [1.82, 2.24) is 14.8 Å². The predicted molar refractivity (Wildman–Crippen MR) is 96.8 cm³/mol. The first-order chi connectivity index (χ1) is 12.8. The molecule has 0 aliphatic heterocycles. The summed E-state index contributed by atoms with van der Waals surface area (Å²) in [5.41, 5.74) is 0.239. The fraction of sp³-hybridized carbons (Fsp3) is 0.118. The van der Waals surface area contributed by atoms with Crippen LogP contribution in [0, 0.1) is 5.82 Å². The maximum atomic E-state index is 12.9. The van der Waals surface area contributed by atoms with E-state index in [2.05, 4.69) is 20.7 Å². The lowest BCUT2D eigenvalue weighted by Gasteiger charge is -2.11. The van der Waals surface area contributed by atoms with Gasteiger partial charge in [0.1, 0.15) is 12.1 Å². The molecule has 0 bridgehead atoms. The van der Waals surface area contributed by atoms with Crippen molar-refractivity contribution in [1.29, 1.82) is 0 Å². The minimum atomic E-state index is -4.44. The third-order valence-corrected chi connectivity index (χ3v) is 3.67. The highest BCUT2D eigenvalue weighted by Gasteiger charge is 2.30. The van der Waals surface area contributed by atoms with Crippen LogP contribution in [0.15, 0.2) is 54.9 Å². The van der Waals surface area contributed by atoms with Crippen molar-refractivity contribution in [2.24, 2.45) is 0 Å². The molecule has 2 aromatic carbocycles. The lowest BCUT2D eigenvalue weighted by Crippen LogP contribution is -2.20. The van der Waals surface area contributed by atoms with Crippen LogP contribution in [0.5, 0.6) is 0 Å². The van der Waals surface area contributed by atoms with Crippen LogP contribution in [-0.2, 0) is 12.7 Å². The van der Waals surface area contributed by atoms with E-state index in [0.717, 1.165) is 17.7 Å². The van der Waals surface area contributed by atoms with Crippen molar-refractivity contribution in [3.63, 3.8) is 0 Å². The predicted octanol–water partition coefficient (Wildman–Crippen LogP) is 4.29. The van der Waals surface area contributed by atoms with Gasteiger partial charge in [-0.05, 0) is 48.1 Å². The van der Waals surface area contributed by atoms with Crippen LogP contribution in [0.1, 0.15) is 11.1 Å². The number of halogens is 4. The second-order valence-corrected chi connectivity index (χ2v) is 5.96. The van der Waals surface area contributed by atoms with Crippen molar-refractivity contribution in [2.75, 3.05) is 10.6 Å². The summed E-state index contributed by atoms with van der Waals surface area (Å²) in [7, 11) is 0. The van der Waals surface area contributed by atoms with Gasteiger partial charge in [0, 0.05) is 5.69 Å². The van der Waals surface area contributed by atoms with E-state index >= 15 is 0 Å². The van der Waals surface area contributed by atoms with Crippen LogP contribution >= 0.6 is 12.2 Å². The lowest BCUT2D eigenvalue weighted by atomic mass is 10.2. The van der Waals surface area contributed by atoms with E-state index in [1.165, 1.54) is 35.3 Å². The average Bonchev–Trinajstić information content (AvgIpc) is 3.03. The Morgan fingerprint density at radius 1 is 1.07 bits per heavy atom. The molecule has 27 heavy (non-hydrogen) atoms. The Morgan fingerprint density at radius 2 is 1.81 bits per heavy atom. The highest BCUT2D eigenvalue weighted by atomic mass is 32.1. The fourth-order valence-electron chi connectivity index (χ4n) is 2.24. The summed E-state index contributed by atoms with van der Waals surface area (Å²) in [4.78, 5) is 4.03. The van der Waals surface area contributed by atoms with Gasteiger partial charge in [0.2, 0.25) is 5.95 Å². The molecular formula is C17H13F4N5S. The normalized spacial score (nSPS) is 11.3. The van der Waals surface area contributed by atoms with Crippen LogP contribution < -0.4 is 10.6 Å². The summed E-state index contributed by atoms with van der Waals surface area (Å²) in [5, 5.41) is 9.57. The molecule has 0 spiro atoms. The molecule has 0 saturated heterocycles. The number of hydrogen-bond acceptors (Lipinski definition) is 3. The zero-order chi connectivity index (χ0) is 19.4. The van der Waals surface area contributed by atoms with Gasteiger partial charge in [0.15, 0.2) is 5.11 Å². The molecule has 0 aliphatic rings. The molecule has 0 unspecified atom stereocenters. The summed E-state index contributed by atoms with van der Waals surface area (Å²) in [5.74, 6) is -0.146. The first-order valence-corrected chi connectivity index (χ1v) is 8.09. The molecule has 140 valence electrons. The first kappa shape index (κ1) is 18.8. The molecule has 0 fully saturated rings. The summed E-state index contributed by atoms with van der Waals surface area (Å²) < 4.78 is 52.6. The van der Waals surface area contributed by atoms with E-state index < -0.39 is 11.7 Å². The highest BCUT2D eigenvalue weighted by molar-refractivity contribution is 7.80. The molecule has 0 amide bonds. The Hall–Kier alpha value is -3.01. The molecule has 2 N–H and O–H groups in total. The Labute approximate surface area is 157 Å². The van der Waals surface area contributed by atoms with Gasteiger partial charge in [-0.2, -0.15) is 13.2 Å². The molecule has 5 nitrogen and oxygen atoms in total. The molecule has 0 radical (unpaired) electrons. The summed E-state index contributed by atoms with van der Waals surface area (Å²) in [6, 6.07) is 10.6. The molecule has 0 aliphatic carbocycles. The van der Waals surface area contributed by atoms with Gasteiger partial charge >= 0.3 is 6.18 Å². The number of aromatic nitrogens is 3. The van der Waals surface area contributed by atoms with Crippen LogP contribution in [0.3, 0.4) is 0 Å². The molecule has 1 heterocycles. The van der Waals surface area contributed by atoms with E-state index in [1.54, 1.807) is 12.1 Å². The fourth-order valence-corrected chi connectivity index (χ4v) is 2.45. The van der Waals surface area contributed by atoms with Gasteiger partial charge in [-0.1, -0.05) is 18.2 Å². The third-order valence-electron chi connectivity index (χ3n) is 3.47. The smallest absolute Gasteiger partial charge is 0.332 e. The second-order valence-electron chi connectivity index (χ2n) is 5.55. The van der Waals surface area contributed by atoms with Crippen LogP contribution in [0.25, 0.3) is 0 Å². The molecule has 0 atom stereocenters. The minimum Gasteiger partial charge on any atom is -0.332 e. The van der Waals surface area contributed by atoms with Crippen molar-refractivity contribution in [2.45, 2.75) is 12.7 Å². The molecule has 10 heteroatoms. The summed E-state index contributed by atoms with van der Waals surface area (Å²) in [6.45, 7) is 0.378. The first-order valence-electron chi connectivity index (χ1n) is 7.69. The van der Waals surface area contributed by atoms with Crippen molar-refractivity contribution < 1.29 is 17.6 Å². The zero-order valence-corrected chi connectivity index (χ0v) is 14.5. The van der Waals surface area contributed by atoms with Crippen LogP contribution in [0.2, 0.25) is 0 Å². The van der Waals surface area contributed by atoms with E-state index in [4.69, 9.17) is 12.2 Å². The largest absolute Gasteiger partial charge is 0.416 e. The number of nitrogens with one attached hydrogen (secondary N) is 2. The van der Waals surface area contributed by atoms with Gasteiger partial charge in [-0.15, -0.1) is 5.10 Å². The van der Waals surface area contributed by atoms with Crippen molar-refractivity contribution >= 4 is 29.0 Å². The molecule has 1 aromatic heterocycles. The molecule has 0 saturated carbocycles. The second kappa shape index (κ2) is 7.70. The SMILES string of the molecule is Fc1ccc(Cn2cnc(NC(=S)Nc3cccc(C(F)(F)F)c3)n2)cc1. The van der Waals surface area contributed by atoms with E-state index in [1.807, 2.05) is 0 Å². The van der Waals surface area contributed by atoms with Crippen molar-refractivity contribution in [3.05, 3.63) is 71.8 Å². The van der Waals surface area contributed by atoms with Gasteiger partial charge < -0.3 is 5.32 Å². The Morgan fingerprint density at radius 3 is 2.52 bits per heavy atom. The number of alkyl halides is 3. The number of benzene rings is 2. The maximum absolute atomic E-state index is 12.9.